The van der Waals surface area contributed by atoms with Crippen molar-refractivity contribution >= 4 is 18.3 Å². The van der Waals surface area contributed by atoms with E-state index in [4.69, 9.17) is 9.47 Å². The molecule has 0 atom stereocenters. The van der Waals surface area contributed by atoms with Crippen molar-refractivity contribution < 1.29 is 14.3 Å². The van der Waals surface area contributed by atoms with Gasteiger partial charge in [-0.3, -0.25) is 4.79 Å². The first-order valence-corrected chi connectivity index (χ1v) is 6.48. The molecule has 1 aliphatic rings. The van der Waals surface area contributed by atoms with Crippen molar-refractivity contribution in [3.8, 4) is 11.5 Å². The third kappa shape index (κ3) is 4.02. The molecule has 1 aliphatic heterocycles. The Balaban J connectivity index is 0.00000200. The van der Waals surface area contributed by atoms with Crippen LogP contribution in [0.15, 0.2) is 18.2 Å². The van der Waals surface area contributed by atoms with Gasteiger partial charge in [-0.15, -0.1) is 12.4 Å². The van der Waals surface area contributed by atoms with Crippen molar-refractivity contribution in [1.82, 2.24) is 10.6 Å². The molecular weight excluding hydrogens is 280 g/mol. The Labute approximate surface area is 125 Å². The number of hydrogen-bond donors (Lipinski definition) is 2. The van der Waals surface area contributed by atoms with Crippen LogP contribution < -0.4 is 20.1 Å². The first-order chi connectivity index (χ1) is 9.24. The summed E-state index contributed by atoms with van der Waals surface area (Å²) < 4.78 is 10.4. The third-order valence-corrected chi connectivity index (χ3v) is 3.32. The average Bonchev–Trinajstić information content (AvgIpc) is 2.47. The van der Waals surface area contributed by atoms with Crippen LogP contribution in [0.25, 0.3) is 0 Å². The summed E-state index contributed by atoms with van der Waals surface area (Å²) in [6, 6.07) is 5.45. The zero-order valence-electron chi connectivity index (χ0n) is 11.8. The van der Waals surface area contributed by atoms with Crippen LogP contribution in [0.2, 0.25) is 0 Å². The number of ether oxygens (including phenoxy) is 2. The molecule has 0 aliphatic carbocycles. The van der Waals surface area contributed by atoms with Gasteiger partial charge in [0.15, 0.2) is 11.5 Å². The summed E-state index contributed by atoms with van der Waals surface area (Å²) in [4.78, 5) is 12.2. The molecular formula is C14H21ClN2O3. The molecule has 112 valence electrons. The molecule has 0 unspecified atom stereocenters. The van der Waals surface area contributed by atoms with Crippen molar-refractivity contribution in [2.45, 2.75) is 18.9 Å². The third-order valence-electron chi connectivity index (χ3n) is 3.32. The number of benzene rings is 1. The lowest BCUT2D eigenvalue weighted by Crippen LogP contribution is -2.42. The topological polar surface area (TPSA) is 59.6 Å². The Morgan fingerprint density at radius 2 is 1.85 bits per heavy atom. The van der Waals surface area contributed by atoms with E-state index in [1.54, 1.807) is 32.4 Å². The van der Waals surface area contributed by atoms with Crippen LogP contribution >= 0.6 is 12.4 Å². The highest BCUT2D eigenvalue weighted by Crippen LogP contribution is 2.27. The number of amides is 1. The van der Waals surface area contributed by atoms with Crippen molar-refractivity contribution in [1.29, 1.82) is 0 Å². The van der Waals surface area contributed by atoms with Gasteiger partial charge in [0.05, 0.1) is 14.2 Å². The fraction of sp³-hybridized carbons (Fsp3) is 0.500. The van der Waals surface area contributed by atoms with Crippen molar-refractivity contribution in [2.24, 2.45) is 0 Å². The van der Waals surface area contributed by atoms with Gasteiger partial charge in [-0.05, 0) is 44.1 Å². The van der Waals surface area contributed by atoms with Crippen molar-refractivity contribution in [3.05, 3.63) is 23.8 Å². The van der Waals surface area contributed by atoms with Gasteiger partial charge >= 0.3 is 0 Å². The second kappa shape index (κ2) is 7.97. The lowest BCUT2D eigenvalue weighted by Gasteiger charge is -2.23. The summed E-state index contributed by atoms with van der Waals surface area (Å²) in [5.74, 6) is 1.13. The van der Waals surface area contributed by atoms with E-state index in [0.29, 0.717) is 17.1 Å². The first-order valence-electron chi connectivity index (χ1n) is 6.48. The Kier molecular flexibility index (Phi) is 6.61. The Morgan fingerprint density at radius 3 is 2.45 bits per heavy atom. The van der Waals surface area contributed by atoms with Crippen LogP contribution in [0.4, 0.5) is 0 Å². The van der Waals surface area contributed by atoms with Crippen LogP contribution in [-0.4, -0.2) is 39.3 Å². The molecule has 0 spiro atoms. The molecule has 0 bridgehead atoms. The molecule has 5 nitrogen and oxygen atoms in total. The summed E-state index contributed by atoms with van der Waals surface area (Å²) in [7, 11) is 3.14. The maximum absolute atomic E-state index is 12.2. The fourth-order valence-corrected chi connectivity index (χ4v) is 2.21. The highest BCUT2D eigenvalue weighted by molar-refractivity contribution is 5.95. The van der Waals surface area contributed by atoms with Crippen LogP contribution in [0, 0.1) is 0 Å². The molecule has 1 saturated heterocycles. The molecule has 1 aromatic carbocycles. The number of halogens is 1. The van der Waals surface area contributed by atoms with Crippen LogP contribution in [0.5, 0.6) is 11.5 Å². The van der Waals surface area contributed by atoms with Crippen LogP contribution in [0.1, 0.15) is 23.2 Å². The van der Waals surface area contributed by atoms with E-state index in [9.17, 15) is 4.79 Å². The normalized spacial score (nSPS) is 15.1. The van der Waals surface area contributed by atoms with E-state index in [-0.39, 0.29) is 24.4 Å². The standard InChI is InChI=1S/C14H20N2O3.ClH/c1-18-12-4-3-10(9-13(12)19-2)14(17)16-11-5-7-15-8-6-11;/h3-4,9,11,15H,5-8H2,1-2H3,(H,16,17);1H. The van der Waals surface area contributed by atoms with Gasteiger partial charge in [0.1, 0.15) is 0 Å². The molecule has 2 rings (SSSR count). The quantitative estimate of drug-likeness (QED) is 0.887. The number of rotatable bonds is 4. The number of nitrogens with one attached hydrogen (secondary N) is 2. The molecule has 0 radical (unpaired) electrons. The number of carbonyl (C=O) groups is 1. The van der Waals surface area contributed by atoms with Crippen molar-refractivity contribution in [2.75, 3.05) is 27.3 Å². The van der Waals surface area contributed by atoms with Crippen LogP contribution in [-0.2, 0) is 0 Å². The molecule has 6 heteroatoms. The number of hydrogen-bond acceptors (Lipinski definition) is 4. The number of carbonyl (C=O) groups excluding carboxylic acids is 1. The first kappa shape index (κ1) is 16.6. The molecule has 0 aromatic heterocycles. The highest BCUT2D eigenvalue weighted by Gasteiger charge is 2.17. The van der Waals surface area contributed by atoms with E-state index in [1.807, 2.05) is 0 Å². The number of methoxy groups -OCH3 is 2. The SMILES string of the molecule is COc1ccc(C(=O)NC2CCNCC2)cc1OC.Cl. The molecule has 2 N–H and O–H groups in total. The second-order valence-corrected chi connectivity index (χ2v) is 4.57. The molecule has 1 aromatic rings. The predicted molar refractivity (Wildman–Crippen MR) is 80.2 cm³/mol. The minimum Gasteiger partial charge on any atom is -0.493 e. The second-order valence-electron chi connectivity index (χ2n) is 4.57. The maximum Gasteiger partial charge on any atom is 0.251 e. The molecule has 1 heterocycles. The monoisotopic (exact) mass is 300 g/mol. The molecule has 1 fully saturated rings. The van der Waals surface area contributed by atoms with Gasteiger partial charge in [-0.2, -0.15) is 0 Å². The van der Waals surface area contributed by atoms with E-state index < -0.39 is 0 Å². The zero-order valence-corrected chi connectivity index (χ0v) is 12.6. The summed E-state index contributed by atoms with van der Waals surface area (Å²) in [5.41, 5.74) is 0.594. The lowest BCUT2D eigenvalue weighted by molar-refractivity contribution is 0.0929. The van der Waals surface area contributed by atoms with Crippen molar-refractivity contribution in [3.63, 3.8) is 0 Å². The minimum atomic E-state index is -0.0622. The van der Waals surface area contributed by atoms with Gasteiger partial charge in [-0.1, -0.05) is 0 Å². The predicted octanol–water partition coefficient (Wildman–Crippen LogP) is 1.61. The van der Waals surface area contributed by atoms with Gasteiger partial charge in [0, 0.05) is 11.6 Å². The lowest BCUT2D eigenvalue weighted by atomic mass is 10.1. The summed E-state index contributed by atoms with van der Waals surface area (Å²) in [6.07, 6.45) is 1.94. The zero-order chi connectivity index (χ0) is 13.7. The van der Waals surface area contributed by atoms with Gasteiger partial charge in [0.2, 0.25) is 0 Å². The van der Waals surface area contributed by atoms with E-state index in [0.717, 1.165) is 25.9 Å². The summed E-state index contributed by atoms with van der Waals surface area (Å²) in [5, 5.41) is 6.32. The van der Waals surface area contributed by atoms with Gasteiger partial charge < -0.3 is 20.1 Å². The number of piperidine rings is 1. The van der Waals surface area contributed by atoms with Gasteiger partial charge in [-0.25, -0.2) is 0 Å². The summed E-state index contributed by atoms with van der Waals surface area (Å²) in [6.45, 7) is 1.91. The smallest absolute Gasteiger partial charge is 0.251 e. The van der Waals surface area contributed by atoms with Crippen LogP contribution in [0.3, 0.4) is 0 Å². The maximum atomic E-state index is 12.2. The Hall–Kier alpha value is -1.46. The highest BCUT2D eigenvalue weighted by atomic mass is 35.5. The Morgan fingerprint density at radius 1 is 1.20 bits per heavy atom. The Bertz CT molecular complexity index is 448. The molecule has 20 heavy (non-hydrogen) atoms. The minimum absolute atomic E-state index is 0. The van der Waals surface area contributed by atoms with Gasteiger partial charge in [0.25, 0.3) is 5.91 Å². The fourth-order valence-electron chi connectivity index (χ4n) is 2.21. The molecule has 1 amide bonds. The summed E-state index contributed by atoms with van der Waals surface area (Å²) >= 11 is 0. The average molecular weight is 301 g/mol. The van der Waals surface area contributed by atoms with E-state index >= 15 is 0 Å². The largest absolute Gasteiger partial charge is 0.493 e. The van der Waals surface area contributed by atoms with E-state index in [1.165, 1.54) is 0 Å². The molecule has 0 saturated carbocycles. The van der Waals surface area contributed by atoms with E-state index in [2.05, 4.69) is 10.6 Å².